The normalized spacial score (nSPS) is 22.7. The van der Waals surface area contributed by atoms with Gasteiger partial charge in [0.2, 0.25) is 0 Å². The highest BCUT2D eigenvalue weighted by Crippen LogP contribution is 2.24. The Labute approximate surface area is 114 Å². The average Bonchev–Trinajstić information content (AvgIpc) is 2.37. The summed E-state index contributed by atoms with van der Waals surface area (Å²) in [5.41, 5.74) is 1.40. The largest absolute Gasteiger partial charge is 0.386 e. The van der Waals surface area contributed by atoms with Gasteiger partial charge >= 0.3 is 0 Å². The zero-order valence-corrected chi connectivity index (χ0v) is 11.8. The molecule has 0 spiro atoms. The molecule has 1 fully saturated rings. The number of aliphatic hydroxyl groups excluding tert-OH is 1. The van der Waals surface area contributed by atoms with Crippen LogP contribution in [-0.2, 0) is 4.74 Å². The Morgan fingerprint density at radius 2 is 2.11 bits per heavy atom. The summed E-state index contributed by atoms with van der Waals surface area (Å²) < 4.78 is 19.0. The minimum absolute atomic E-state index is 0.294. The van der Waals surface area contributed by atoms with Crippen molar-refractivity contribution < 1.29 is 14.2 Å². The average molecular weight is 267 g/mol. The van der Waals surface area contributed by atoms with Crippen LogP contribution in [0.1, 0.15) is 31.1 Å². The molecule has 106 valence electrons. The number of morpholine rings is 1. The van der Waals surface area contributed by atoms with Crippen LogP contribution in [0.5, 0.6) is 0 Å². The molecule has 0 bridgehead atoms. The van der Waals surface area contributed by atoms with Gasteiger partial charge in [0, 0.05) is 19.1 Å². The molecular formula is C15H22FNO2. The maximum atomic E-state index is 13.4. The fourth-order valence-electron chi connectivity index (χ4n) is 2.51. The lowest BCUT2D eigenvalue weighted by Gasteiger charge is -2.37. The summed E-state index contributed by atoms with van der Waals surface area (Å²) in [6.45, 7) is 8.23. The second-order valence-electron chi connectivity index (χ2n) is 5.50. The predicted octanol–water partition coefficient (Wildman–Crippen LogP) is 2.28. The van der Waals surface area contributed by atoms with Crippen molar-refractivity contribution in [3.05, 3.63) is 35.1 Å². The van der Waals surface area contributed by atoms with E-state index in [1.807, 2.05) is 13.0 Å². The first kappa shape index (κ1) is 14.4. The van der Waals surface area contributed by atoms with Crippen molar-refractivity contribution in [1.29, 1.82) is 0 Å². The summed E-state index contributed by atoms with van der Waals surface area (Å²) in [5.74, 6) is -0.314. The monoisotopic (exact) mass is 267 g/mol. The summed E-state index contributed by atoms with van der Waals surface area (Å²) in [5, 5.41) is 10.4. The van der Waals surface area contributed by atoms with E-state index in [0.29, 0.717) is 24.8 Å². The molecule has 0 radical (unpaired) electrons. The Kier molecular flexibility index (Phi) is 4.55. The molecule has 1 aliphatic rings. The van der Waals surface area contributed by atoms with Crippen LogP contribution in [0.3, 0.4) is 0 Å². The van der Waals surface area contributed by atoms with Crippen LogP contribution in [0.15, 0.2) is 18.2 Å². The topological polar surface area (TPSA) is 32.7 Å². The fraction of sp³-hybridized carbons (Fsp3) is 0.600. The van der Waals surface area contributed by atoms with E-state index in [0.717, 1.165) is 12.1 Å². The van der Waals surface area contributed by atoms with E-state index in [1.54, 1.807) is 0 Å². The lowest BCUT2D eigenvalue weighted by atomic mass is 10.0. The summed E-state index contributed by atoms with van der Waals surface area (Å²) in [6, 6.07) is 5.08. The molecule has 1 aromatic carbocycles. The number of rotatable bonds is 3. The second-order valence-corrected chi connectivity index (χ2v) is 5.50. The molecule has 1 aromatic rings. The maximum absolute atomic E-state index is 13.4. The van der Waals surface area contributed by atoms with E-state index in [2.05, 4.69) is 18.7 Å². The van der Waals surface area contributed by atoms with E-state index in [1.165, 1.54) is 12.1 Å². The SMILES string of the molecule is Cc1cc(F)cc(C(O)C2CN(C(C)C)CCO2)c1. The molecule has 1 saturated heterocycles. The van der Waals surface area contributed by atoms with Crippen molar-refractivity contribution in [3.63, 3.8) is 0 Å². The van der Waals surface area contributed by atoms with Crippen LogP contribution in [0, 0.1) is 12.7 Å². The third kappa shape index (κ3) is 3.53. The van der Waals surface area contributed by atoms with Crippen molar-refractivity contribution in [2.45, 2.75) is 39.0 Å². The Bertz CT molecular complexity index is 416. The van der Waals surface area contributed by atoms with Crippen LogP contribution in [0.2, 0.25) is 0 Å². The van der Waals surface area contributed by atoms with E-state index in [4.69, 9.17) is 4.74 Å². The van der Waals surface area contributed by atoms with Gasteiger partial charge in [-0.1, -0.05) is 6.07 Å². The van der Waals surface area contributed by atoms with Crippen molar-refractivity contribution in [3.8, 4) is 0 Å². The highest BCUT2D eigenvalue weighted by atomic mass is 19.1. The fourth-order valence-corrected chi connectivity index (χ4v) is 2.51. The summed E-state index contributed by atoms with van der Waals surface area (Å²) in [4.78, 5) is 2.27. The van der Waals surface area contributed by atoms with E-state index in [-0.39, 0.29) is 11.9 Å². The number of ether oxygens (including phenoxy) is 1. The van der Waals surface area contributed by atoms with Gasteiger partial charge in [0.05, 0.1) is 6.61 Å². The van der Waals surface area contributed by atoms with Gasteiger partial charge in [-0.25, -0.2) is 4.39 Å². The highest BCUT2D eigenvalue weighted by molar-refractivity contribution is 5.26. The molecule has 0 aliphatic carbocycles. The molecule has 1 heterocycles. The molecule has 2 atom stereocenters. The Hall–Kier alpha value is -0.970. The van der Waals surface area contributed by atoms with Gasteiger partial charge in [0.25, 0.3) is 0 Å². The van der Waals surface area contributed by atoms with Crippen molar-refractivity contribution in [1.82, 2.24) is 4.90 Å². The van der Waals surface area contributed by atoms with Gasteiger partial charge in [-0.15, -0.1) is 0 Å². The summed E-state index contributed by atoms with van der Waals surface area (Å²) in [6.07, 6.45) is -1.08. The molecule has 1 aliphatic heterocycles. The zero-order chi connectivity index (χ0) is 14.0. The van der Waals surface area contributed by atoms with Gasteiger partial charge in [-0.3, -0.25) is 4.90 Å². The minimum Gasteiger partial charge on any atom is -0.386 e. The molecule has 1 N–H and O–H groups in total. The van der Waals surface area contributed by atoms with E-state index < -0.39 is 6.10 Å². The lowest BCUT2D eigenvalue weighted by Crippen LogP contribution is -2.47. The molecule has 4 heteroatoms. The Morgan fingerprint density at radius 1 is 1.37 bits per heavy atom. The van der Waals surface area contributed by atoms with Crippen molar-refractivity contribution in [2.24, 2.45) is 0 Å². The third-order valence-electron chi connectivity index (χ3n) is 3.61. The van der Waals surface area contributed by atoms with Crippen molar-refractivity contribution in [2.75, 3.05) is 19.7 Å². The van der Waals surface area contributed by atoms with E-state index in [9.17, 15) is 9.50 Å². The summed E-state index contributed by atoms with van der Waals surface area (Å²) >= 11 is 0. The number of halogens is 1. The number of aryl methyl sites for hydroxylation is 1. The number of hydrogen-bond donors (Lipinski definition) is 1. The third-order valence-corrected chi connectivity index (χ3v) is 3.61. The number of nitrogens with zero attached hydrogens (tertiary/aromatic N) is 1. The van der Waals surface area contributed by atoms with Gasteiger partial charge in [-0.2, -0.15) is 0 Å². The van der Waals surface area contributed by atoms with Crippen LogP contribution >= 0.6 is 0 Å². The van der Waals surface area contributed by atoms with Gasteiger partial charge < -0.3 is 9.84 Å². The quantitative estimate of drug-likeness (QED) is 0.912. The highest BCUT2D eigenvalue weighted by Gasteiger charge is 2.29. The Balaban J connectivity index is 2.12. The summed E-state index contributed by atoms with van der Waals surface area (Å²) in [7, 11) is 0. The molecule has 2 rings (SSSR count). The second kappa shape index (κ2) is 5.99. The number of benzene rings is 1. The standard InChI is InChI=1S/C15H22FNO2/c1-10(2)17-4-5-19-14(9-17)15(18)12-6-11(3)7-13(16)8-12/h6-8,10,14-15,18H,4-5,9H2,1-3H3. The molecule has 0 amide bonds. The smallest absolute Gasteiger partial charge is 0.123 e. The van der Waals surface area contributed by atoms with Gasteiger partial charge in [0.15, 0.2) is 0 Å². The van der Waals surface area contributed by atoms with Crippen LogP contribution in [0.4, 0.5) is 4.39 Å². The van der Waals surface area contributed by atoms with Gasteiger partial charge in [0.1, 0.15) is 18.0 Å². The zero-order valence-electron chi connectivity index (χ0n) is 11.8. The maximum Gasteiger partial charge on any atom is 0.123 e. The van der Waals surface area contributed by atoms with Crippen LogP contribution in [-0.4, -0.2) is 41.8 Å². The molecule has 19 heavy (non-hydrogen) atoms. The van der Waals surface area contributed by atoms with Crippen LogP contribution in [0.25, 0.3) is 0 Å². The molecule has 0 saturated carbocycles. The first-order valence-electron chi connectivity index (χ1n) is 6.78. The Morgan fingerprint density at radius 3 is 2.74 bits per heavy atom. The molecule has 3 nitrogen and oxygen atoms in total. The van der Waals surface area contributed by atoms with Crippen LogP contribution < -0.4 is 0 Å². The first-order valence-corrected chi connectivity index (χ1v) is 6.78. The van der Waals surface area contributed by atoms with Gasteiger partial charge in [-0.05, 0) is 44.0 Å². The number of hydrogen-bond acceptors (Lipinski definition) is 3. The minimum atomic E-state index is -0.782. The predicted molar refractivity (Wildman–Crippen MR) is 72.5 cm³/mol. The van der Waals surface area contributed by atoms with Crippen molar-refractivity contribution >= 4 is 0 Å². The first-order chi connectivity index (χ1) is 8.97. The molecular weight excluding hydrogens is 245 g/mol. The molecule has 0 aromatic heterocycles. The molecule has 2 unspecified atom stereocenters. The number of aliphatic hydroxyl groups is 1. The van der Waals surface area contributed by atoms with E-state index >= 15 is 0 Å². The lowest BCUT2D eigenvalue weighted by molar-refractivity contribution is -0.0962.